The van der Waals surface area contributed by atoms with Gasteiger partial charge >= 0.3 is 0 Å². The van der Waals surface area contributed by atoms with Crippen molar-refractivity contribution in [2.75, 3.05) is 6.61 Å². The minimum Gasteiger partial charge on any atom is -0.394 e. The molecule has 0 bridgehead atoms. The molecule has 2 aliphatic rings. The molecule has 2 fully saturated rings. The molecule has 2 nitrogen and oxygen atoms in total. The molecule has 82 valence electrons. The van der Waals surface area contributed by atoms with Crippen molar-refractivity contribution in [2.45, 2.75) is 63.5 Å². The highest BCUT2D eigenvalue weighted by molar-refractivity contribution is 4.96. The summed E-state index contributed by atoms with van der Waals surface area (Å²) in [5.41, 5.74) is 0.0753. The van der Waals surface area contributed by atoms with E-state index < -0.39 is 0 Å². The van der Waals surface area contributed by atoms with Crippen molar-refractivity contribution in [2.24, 2.45) is 5.92 Å². The lowest BCUT2D eigenvalue weighted by Crippen LogP contribution is -2.49. The third kappa shape index (κ3) is 2.48. The molecule has 2 heteroatoms. The first-order valence-electron chi connectivity index (χ1n) is 6.13. The van der Waals surface area contributed by atoms with E-state index >= 15 is 0 Å². The molecule has 2 N–H and O–H groups in total. The Morgan fingerprint density at radius 1 is 1.21 bits per heavy atom. The largest absolute Gasteiger partial charge is 0.394 e. The van der Waals surface area contributed by atoms with Gasteiger partial charge in [-0.05, 0) is 38.0 Å². The quantitative estimate of drug-likeness (QED) is 0.679. The molecule has 0 spiro atoms. The topological polar surface area (TPSA) is 32.3 Å². The van der Waals surface area contributed by atoms with Crippen molar-refractivity contribution in [3.63, 3.8) is 0 Å². The SMILES string of the molecule is CC1CCCC(CO)(NC2CC2)CC1. The van der Waals surface area contributed by atoms with Gasteiger partial charge in [0.15, 0.2) is 0 Å². The van der Waals surface area contributed by atoms with Crippen molar-refractivity contribution in [3.8, 4) is 0 Å². The third-order valence-corrected chi connectivity index (χ3v) is 3.86. The second-order valence-corrected chi connectivity index (χ2v) is 5.39. The highest BCUT2D eigenvalue weighted by Gasteiger charge is 2.36. The summed E-state index contributed by atoms with van der Waals surface area (Å²) < 4.78 is 0. The Hall–Kier alpha value is -0.0800. The van der Waals surface area contributed by atoms with Crippen LogP contribution in [-0.4, -0.2) is 23.3 Å². The molecule has 0 aromatic rings. The van der Waals surface area contributed by atoms with Crippen molar-refractivity contribution in [1.82, 2.24) is 5.32 Å². The molecule has 0 amide bonds. The van der Waals surface area contributed by atoms with Crippen LogP contribution in [0.2, 0.25) is 0 Å². The first-order chi connectivity index (χ1) is 6.74. The lowest BCUT2D eigenvalue weighted by Gasteiger charge is -2.32. The predicted octanol–water partition coefficient (Wildman–Crippen LogP) is 2.07. The molecular formula is C12H23NO. The van der Waals surface area contributed by atoms with Gasteiger partial charge in [-0.2, -0.15) is 0 Å². The molecule has 0 aliphatic heterocycles. The zero-order valence-corrected chi connectivity index (χ0v) is 9.26. The van der Waals surface area contributed by atoms with Gasteiger partial charge in [-0.3, -0.25) is 0 Å². The zero-order chi connectivity index (χ0) is 10.0. The second kappa shape index (κ2) is 4.19. The summed E-state index contributed by atoms with van der Waals surface area (Å²) in [7, 11) is 0. The lowest BCUT2D eigenvalue weighted by atomic mass is 9.90. The average molecular weight is 197 g/mol. The van der Waals surface area contributed by atoms with E-state index in [1.165, 1.54) is 44.9 Å². The summed E-state index contributed by atoms with van der Waals surface area (Å²) in [5.74, 6) is 0.851. The van der Waals surface area contributed by atoms with Crippen molar-refractivity contribution >= 4 is 0 Å². The number of nitrogens with one attached hydrogen (secondary N) is 1. The van der Waals surface area contributed by atoms with Crippen LogP contribution >= 0.6 is 0 Å². The molecule has 0 aromatic carbocycles. The van der Waals surface area contributed by atoms with Crippen LogP contribution < -0.4 is 5.32 Å². The van der Waals surface area contributed by atoms with Gasteiger partial charge in [-0.1, -0.05) is 19.8 Å². The van der Waals surface area contributed by atoms with Gasteiger partial charge in [-0.25, -0.2) is 0 Å². The average Bonchev–Trinajstić information content (AvgIpc) is 2.98. The maximum atomic E-state index is 9.57. The monoisotopic (exact) mass is 197 g/mol. The minimum absolute atomic E-state index is 0.0753. The first-order valence-corrected chi connectivity index (χ1v) is 6.13. The van der Waals surface area contributed by atoms with E-state index in [0.29, 0.717) is 6.61 Å². The van der Waals surface area contributed by atoms with Gasteiger partial charge in [0.05, 0.1) is 6.61 Å². The normalized spacial score (nSPS) is 39.4. The van der Waals surface area contributed by atoms with Crippen LogP contribution in [0.3, 0.4) is 0 Å². The Bertz CT molecular complexity index is 191. The van der Waals surface area contributed by atoms with Crippen LogP contribution in [0.1, 0.15) is 51.9 Å². The molecule has 2 rings (SSSR count). The first kappa shape index (κ1) is 10.4. The summed E-state index contributed by atoms with van der Waals surface area (Å²) in [6.45, 7) is 2.67. The molecule has 0 heterocycles. The Morgan fingerprint density at radius 2 is 2.00 bits per heavy atom. The third-order valence-electron chi connectivity index (χ3n) is 3.86. The van der Waals surface area contributed by atoms with E-state index in [2.05, 4.69) is 12.2 Å². The Morgan fingerprint density at radius 3 is 2.64 bits per heavy atom. The van der Waals surface area contributed by atoms with E-state index in [1.54, 1.807) is 0 Å². The number of hydrogen-bond acceptors (Lipinski definition) is 2. The number of hydrogen-bond donors (Lipinski definition) is 2. The van der Waals surface area contributed by atoms with Gasteiger partial charge in [0.1, 0.15) is 0 Å². The van der Waals surface area contributed by atoms with Crippen LogP contribution in [0.25, 0.3) is 0 Å². The molecular weight excluding hydrogens is 174 g/mol. The number of aliphatic hydroxyl groups excluding tert-OH is 1. The maximum absolute atomic E-state index is 9.57. The van der Waals surface area contributed by atoms with Crippen LogP contribution in [0.4, 0.5) is 0 Å². The summed E-state index contributed by atoms with van der Waals surface area (Å²) in [4.78, 5) is 0. The Kier molecular flexibility index (Phi) is 3.13. The van der Waals surface area contributed by atoms with Gasteiger partial charge in [0.25, 0.3) is 0 Å². The van der Waals surface area contributed by atoms with E-state index in [9.17, 15) is 5.11 Å². The molecule has 0 aromatic heterocycles. The molecule has 2 unspecified atom stereocenters. The standard InChI is InChI=1S/C12H23NO/c1-10-3-2-7-12(9-14,8-6-10)13-11-4-5-11/h10-11,13-14H,2-9H2,1H3. The number of rotatable bonds is 3. The van der Waals surface area contributed by atoms with Crippen LogP contribution in [-0.2, 0) is 0 Å². The second-order valence-electron chi connectivity index (χ2n) is 5.39. The zero-order valence-electron chi connectivity index (χ0n) is 9.26. The molecule has 14 heavy (non-hydrogen) atoms. The van der Waals surface area contributed by atoms with Crippen LogP contribution in [0.5, 0.6) is 0 Å². The number of aliphatic hydroxyl groups is 1. The predicted molar refractivity (Wildman–Crippen MR) is 58.2 cm³/mol. The highest BCUT2D eigenvalue weighted by Crippen LogP contribution is 2.33. The smallest absolute Gasteiger partial charge is 0.0613 e. The molecule has 2 saturated carbocycles. The molecule has 2 atom stereocenters. The summed E-state index contributed by atoms with van der Waals surface area (Å²) >= 11 is 0. The fraction of sp³-hybridized carbons (Fsp3) is 1.00. The van der Waals surface area contributed by atoms with Crippen LogP contribution in [0, 0.1) is 5.92 Å². The Balaban J connectivity index is 1.94. The fourth-order valence-electron chi connectivity index (χ4n) is 2.59. The van der Waals surface area contributed by atoms with Crippen molar-refractivity contribution in [3.05, 3.63) is 0 Å². The molecule has 2 aliphatic carbocycles. The van der Waals surface area contributed by atoms with Crippen LogP contribution in [0.15, 0.2) is 0 Å². The van der Waals surface area contributed by atoms with Gasteiger partial charge in [-0.15, -0.1) is 0 Å². The van der Waals surface area contributed by atoms with E-state index in [1.807, 2.05) is 0 Å². The Labute approximate surface area is 87.1 Å². The summed E-state index contributed by atoms with van der Waals surface area (Å²) in [6, 6.07) is 0.718. The summed E-state index contributed by atoms with van der Waals surface area (Å²) in [6.07, 6.45) is 8.87. The fourth-order valence-corrected chi connectivity index (χ4v) is 2.59. The van der Waals surface area contributed by atoms with Gasteiger partial charge in [0.2, 0.25) is 0 Å². The highest BCUT2D eigenvalue weighted by atomic mass is 16.3. The van der Waals surface area contributed by atoms with E-state index in [0.717, 1.165) is 12.0 Å². The molecule has 0 saturated heterocycles. The summed E-state index contributed by atoms with van der Waals surface area (Å²) in [5, 5.41) is 13.2. The van der Waals surface area contributed by atoms with Gasteiger partial charge in [0, 0.05) is 11.6 Å². The molecule has 0 radical (unpaired) electrons. The van der Waals surface area contributed by atoms with Gasteiger partial charge < -0.3 is 10.4 Å². The van der Waals surface area contributed by atoms with E-state index in [-0.39, 0.29) is 5.54 Å². The minimum atomic E-state index is 0.0753. The van der Waals surface area contributed by atoms with Crippen molar-refractivity contribution in [1.29, 1.82) is 0 Å². The van der Waals surface area contributed by atoms with Crippen molar-refractivity contribution < 1.29 is 5.11 Å². The maximum Gasteiger partial charge on any atom is 0.0613 e. The lowest BCUT2D eigenvalue weighted by molar-refractivity contribution is 0.141. The van der Waals surface area contributed by atoms with E-state index in [4.69, 9.17) is 0 Å².